The second kappa shape index (κ2) is 4.32. The van der Waals surface area contributed by atoms with Gasteiger partial charge in [0.15, 0.2) is 0 Å². The maximum Gasteiger partial charge on any atom is 0.330 e. The van der Waals surface area contributed by atoms with Gasteiger partial charge >= 0.3 is 5.69 Å². The van der Waals surface area contributed by atoms with Gasteiger partial charge in [0.1, 0.15) is 6.23 Å². The molecule has 1 atom stereocenters. The zero-order valence-corrected chi connectivity index (χ0v) is 9.62. The van der Waals surface area contributed by atoms with Gasteiger partial charge in [-0.2, -0.15) is 0 Å². The van der Waals surface area contributed by atoms with Crippen molar-refractivity contribution in [3.63, 3.8) is 0 Å². The normalized spacial score (nSPS) is 21.5. The third-order valence-corrected chi connectivity index (χ3v) is 2.96. The van der Waals surface area contributed by atoms with Crippen molar-refractivity contribution in [1.29, 1.82) is 0 Å². The highest BCUT2D eigenvalue weighted by Gasteiger charge is 2.17. The molecule has 0 aromatic carbocycles. The fourth-order valence-corrected chi connectivity index (χ4v) is 1.94. The van der Waals surface area contributed by atoms with E-state index in [2.05, 4.69) is 20.9 Å². The summed E-state index contributed by atoms with van der Waals surface area (Å²) in [7, 11) is 0. The maximum atomic E-state index is 11.5. The fraction of sp³-hybridized carbons (Fsp3) is 0.556. The molecule has 2 rings (SSSR count). The Morgan fingerprint density at radius 3 is 2.93 bits per heavy atom. The summed E-state index contributed by atoms with van der Waals surface area (Å²) in [5.74, 6) is 0. The van der Waals surface area contributed by atoms with Crippen molar-refractivity contribution in [1.82, 2.24) is 9.55 Å². The summed E-state index contributed by atoms with van der Waals surface area (Å²) in [5, 5.41) is 0. The number of hydrogen-bond donors (Lipinski definition) is 1. The van der Waals surface area contributed by atoms with Crippen LogP contribution in [0.25, 0.3) is 0 Å². The van der Waals surface area contributed by atoms with Crippen molar-refractivity contribution in [2.24, 2.45) is 0 Å². The van der Waals surface area contributed by atoms with Crippen molar-refractivity contribution < 1.29 is 4.74 Å². The Labute approximate surface area is 94.2 Å². The van der Waals surface area contributed by atoms with E-state index in [1.54, 1.807) is 0 Å². The molecule has 0 saturated carbocycles. The average Bonchev–Trinajstić information content (AvgIpc) is 2.25. The highest BCUT2D eigenvalue weighted by atomic mass is 79.9. The Balaban J connectivity index is 2.39. The smallest absolute Gasteiger partial charge is 0.330 e. The summed E-state index contributed by atoms with van der Waals surface area (Å²) in [6.45, 7) is 0.661. The summed E-state index contributed by atoms with van der Waals surface area (Å²) >= 11 is 3.09. The molecule has 1 aliphatic rings. The van der Waals surface area contributed by atoms with E-state index in [1.807, 2.05) is 0 Å². The van der Waals surface area contributed by atoms with Gasteiger partial charge in [0.05, 0.1) is 4.47 Å². The van der Waals surface area contributed by atoms with E-state index in [1.165, 1.54) is 10.8 Å². The average molecular weight is 275 g/mol. The van der Waals surface area contributed by atoms with Gasteiger partial charge in [-0.15, -0.1) is 0 Å². The molecule has 2 heterocycles. The van der Waals surface area contributed by atoms with Crippen LogP contribution >= 0.6 is 15.9 Å². The lowest BCUT2D eigenvalue weighted by Crippen LogP contribution is -2.34. The fourth-order valence-electron chi connectivity index (χ4n) is 1.62. The number of H-pyrrole nitrogens is 1. The van der Waals surface area contributed by atoms with E-state index in [9.17, 15) is 9.59 Å². The Morgan fingerprint density at radius 1 is 1.47 bits per heavy atom. The summed E-state index contributed by atoms with van der Waals surface area (Å²) in [6, 6.07) is 0. The van der Waals surface area contributed by atoms with Gasteiger partial charge in [-0.25, -0.2) is 4.79 Å². The van der Waals surface area contributed by atoms with Gasteiger partial charge < -0.3 is 4.74 Å². The molecular formula is C9H11BrN2O3. The van der Waals surface area contributed by atoms with E-state index >= 15 is 0 Å². The van der Waals surface area contributed by atoms with E-state index in [4.69, 9.17) is 4.74 Å². The minimum Gasteiger partial charge on any atom is -0.358 e. The number of ether oxygens (including phenoxy) is 1. The molecular weight excluding hydrogens is 264 g/mol. The van der Waals surface area contributed by atoms with Crippen LogP contribution in [-0.2, 0) is 4.74 Å². The predicted octanol–water partition coefficient (Wildman–Crippen LogP) is 0.998. The van der Waals surface area contributed by atoms with Crippen LogP contribution in [0.3, 0.4) is 0 Å². The minimum atomic E-state index is -0.421. The Hall–Kier alpha value is -0.880. The van der Waals surface area contributed by atoms with Crippen molar-refractivity contribution in [3.8, 4) is 0 Å². The van der Waals surface area contributed by atoms with Crippen molar-refractivity contribution >= 4 is 15.9 Å². The van der Waals surface area contributed by atoms with Gasteiger partial charge in [-0.1, -0.05) is 0 Å². The molecule has 1 aromatic rings. The van der Waals surface area contributed by atoms with Crippen molar-refractivity contribution in [2.75, 3.05) is 6.61 Å². The van der Waals surface area contributed by atoms with E-state index < -0.39 is 11.2 Å². The lowest BCUT2D eigenvalue weighted by molar-refractivity contribution is -0.0350. The summed E-state index contributed by atoms with van der Waals surface area (Å²) < 4.78 is 7.22. The van der Waals surface area contributed by atoms with Crippen LogP contribution in [0.15, 0.2) is 20.3 Å². The molecule has 15 heavy (non-hydrogen) atoms. The quantitative estimate of drug-likeness (QED) is 0.831. The molecule has 6 heteroatoms. The van der Waals surface area contributed by atoms with Crippen LogP contribution in [0.1, 0.15) is 25.5 Å². The first-order valence-electron chi connectivity index (χ1n) is 4.81. The lowest BCUT2D eigenvalue weighted by Gasteiger charge is -2.24. The second-order valence-electron chi connectivity index (χ2n) is 3.46. The van der Waals surface area contributed by atoms with Crippen molar-refractivity contribution in [2.45, 2.75) is 25.5 Å². The number of aromatic nitrogens is 2. The van der Waals surface area contributed by atoms with Crippen molar-refractivity contribution in [3.05, 3.63) is 31.5 Å². The highest BCUT2D eigenvalue weighted by molar-refractivity contribution is 9.10. The highest BCUT2D eigenvalue weighted by Crippen LogP contribution is 2.20. The van der Waals surface area contributed by atoms with Gasteiger partial charge in [0.25, 0.3) is 5.56 Å². The number of nitrogens with one attached hydrogen (secondary N) is 1. The van der Waals surface area contributed by atoms with E-state index in [-0.39, 0.29) is 6.23 Å². The molecule has 1 saturated heterocycles. The maximum absolute atomic E-state index is 11.5. The Kier molecular flexibility index (Phi) is 3.06. The first kappa shape index (κ1) is 10.6. The topological polar surface area (TPSA) is 64.1 Å². The van der Waals surface area contributed by atoms with Crippen LogP contribution in [0.4, 0.5) is 0 Å². The van der Waals surface area contributed by atoms with Crippen LogP contribution < -0.4 is 11.2 Å². The third kappa shape index (κ3) is 2.21. The van der Waals surface area contributed by atoms with Gasteiger partial charge in [-0.3, -0.25) is 14.3 Å². The molecule has 1 fully saturated rings. The number of halogens is 1. The van der Waals surface area contributed by atoms with Gasteiger partial charge in [0.2, 0.25) is 0 Å². The first-order chi connectivity index (χ1) is 7.18. The monoisotopic (exact) mass is 274 g/mol. The van der Waals surface area contributed by atoms with Crippen LogP contribution in [0.5, 0.6) is 0 Å². The predicted molar refractivity (Wildman–Crippen MR) is 57.9 cm³/mol. The number of rotatable bonds is 1. The molecule has 82 valence electrons. The number of hydrogen-bond acceptors (Lipinski definition) is 3. The van der Waals surface area contributed by atoms with Gasteiger partial charge in [0, 0.05) is 12.8 Å². The molecule has 1 aliphatic heterocycles. The third-order valence-electron chi connectivity index (χ3n) is 2.39. The zero-order chi connectivity index (χ0) is 10.8. The molecule has 0 aliphatic carbocycles. The SMILES string of the molecule is O=c1[nH]c(=O)n([C@@H]2CCCCO2)cc1Br. The largest absolute Gasteiger partial charge is 0.358 e. The first-order valence-corrected chi connectivity index (χ1v) is 5.60. The lowest BCUT2D eigenvalue weighted by atomic mass is 10.2. The summed E-state index contributed by atoms with van der Waals surface area (Å²) in [6.07, 6.45) is 4.10. The minimum absolute atomic E-state index is 0.251. The van der Waals surface area contributed by atoms with E-state index in [0.29, 0.717) is 11.1 Å². The summed E-state index contributed by atoms with van der Waals surface area (Å²) in [5.41, 5.74) is -0.831. The standard InChI is InChI=1S/C9H11BrN2O3/c10-6-5-12(9(14)11-8(6)13)7-3-1-2-4-15-7/h5,7H,1-4H2,(H,11,13,14)/t7-/m0/s1. The number of nitrogens with zero attached hydrogens (tertiary/aromatic N) is 1. The van der Waals surface area contributed by atoms with Crippen LogP contribution in [0.2, 0.25) is 0 Å². The molecule has 0 amide bonds. The summed E-state index contributed by atoms with van der Waals surface area (Å²) in [4.78, 5) is 24.8. The van der Waals surface area contributed by atoms with Crippen LogP contribution in [-0.4, -0.2) is 16.2 Å². The van der Waals surface area contributed by atoms with Crippen LogP contribution in [0, 0.1) is 0 Å². The molecule has 0 unspecified atom stereocenters. The molecule has 1 aromatic heterocycles. The number of aromatic amines is 1. The Morgan fingerprint density at radius 2 is 2.27 bits per heavy atom. The van der Waals surface area contributed by atoms with Gasteiger partial charge in [-0.05, 0) is 35.2 Å². The molecule has 0 spiro atoms. The molecule has 5 nitrogen and oxygen atoms in total. The Bertz CT molecular complexity index is 459. The molecule has 0 radical (unpaired) electrons. The molecule has 0 bridgehead atoms. The molecule has 1 N–H and O–H groups in total. The second-order valence-corrected chi connectivity index (χ2v) is 4.32. The zero-order valence-electron chi connectivity index (χ0n) is 8.03. The van der Waals surface area contributed by atoms with E-state index in [0.717, 1.165) is 19.3 Å².